The Morgan fingerprint density at radius 2 is 2.21 bits per heavy atom. The van der Waals surface area contributed by atoms with Crippen molar-refractivity contribution >= 4 is 38.6 Å². The maximum atomic E-state index is 11.0. The molecule has 14 heavy (non-hydrogen) atoms. The van der Waals surface area contributed by atoms with Crippen LogP contribution in [0.4, 0.5) is 0 Å². The summed E-state index contributed by atoms with van der Waals surface area (Å²) in [6.07, 6.45) is 0. The van der Waals surface area contributed by atoms with Crippen molar-refractivity contribution in [3.8, 4) is 0 Å². The molecule has 0 aliphatic heterocycles. The van der Waals surface area contributed by atoms with Crippen LogP contribution in [0, 0.1) is 0 Å². The number of carboxylic acid groups (broad SMARTS) is 1. The van der Waals surface area contributed by atoms with Crippen molar-refractivity contribution in [3.05, 3.63) is 0 Å². The molecular weight excluding hydrogens is 248 g/mol. The van der Waals surface area contributed by atoms with Gasteiger partial charge in [-0.3, -0.25) is 4.79 Å². The van der Waals surface area contributed by atoms with Gasteiger partial charge in [0.2, 0.25) is 10.0 Å². The minimum Gasteiger partial charge on any atom is -0.480 e. The number of hydrogen-bond acceptors (Lipinski definition) is 6. The minimum absolute atomic E-state index is 0.166. The van der Waals surface area contributed by atoms with Crippen LogP contribution < -0.4 is 4.72 Å². The largest absolute Gasteiger partial charge is 0.480 e. The van der Waals surface area contributed by atoms with Gasteiger partial charge in [0, 0.05) is 13.1 Å². The molecule has 0 saturated heterocycles. The number of aliphatic carboxylic acids is 1. The van der Waals surface area contributed by atoms with Gasteiger partial charge in [0.25, 0.3) is 0 Å². The predicted octanol–water partition coefficient (Wildman–Crippen LogP) is -0.585. The van der Waals surface area contributed by atoms with Crippen LogP contribution in [0.25, 0.3) is 0 Å². The highest BCUT2D eigenvalue weighted by atomic mass is 33.1. The normalized spacial score (nSPS) is 11.9. The molecule has 9 heteroatoms. The van der Waals surface area contributed by atoms with E-state index in [4.69, 9.17) is 5.11 Å². The van der Waals surface area contributed by atoms with Gasteiger partial charge in [-0.05, 0) is 18.0 Å². The smallest absolute Gasteiger partial charge is 0.320 e. The number of nitrogens with one attached hydrogen (secondary N) is 1. The average molecular weight is 260 g/mol. The quantitative estimate of drug-likeness (QED) is 0.322. The molecule has 0 atom stereocenters. The zero-order valence-electron chi connectivity index (χ0n) is 7.50. The monoisotopic (exact) mass is 260 g/mol. The van der Waals surface area contributed by atoms with E-state index in [9.17, 15) is 13.2 Å². The molecule has 0 saturated carbocycles. The van der Waals surface area contributed by atoms with Crippen LogP contribution in [0.5, 0.6) is 0 Å². The third kappa shape index (κ3) is 7.44. The molecule has 0 rings (SSSR count). The van der Waals surface area contributed by atoms with Crippen molar-refractivity contribution in [3.63, 3.8) is 0 Å². The van der Waals surface area contributed by atoms with Gasteiger partial charge >= 0.3 is 5.97 Å². The first kappa shape index (κ1) is 14.0. The summed E-state index contributed by atoms with van der Waals surface area (Å²) in [7, 11) is -0.790. The lowest BCUT2D eigenvalue weighted by Gasteiger charge is -2.11. The Morgan fingerprint density at radius 1 is 1.64 bits per heavy atom. The Balaban J connectivity index is 3.83. The Hall–Kier alpha value is 0.0400. The lowest BCUT2D eigenvalue weighted by Crippen LogP contribution is -2.34. The molecule has 0 aliphatic rings. The van der Waals surface area contributed by atoms with Crippen molar-refractivity contribution in [1.82, 2.24) is 9.03 Å². The van der Waals surface area contributed by atoms with E-state index in [2.05, 4.69) is 16.4 Å². The second-order valence-corrected chi connectivity index (χ2v) is 5.56. The molecule has 0 bridgehead atoms. The van der Waals surface area contributed by atoms with Gasteiger partial charge in [-0.25, -0.2) is 17.4 Å². The number of likely N-dealkylation sites (N-methyl/N-ethyl adjacent to an activating group) is 1. The number of rotatable bonds is 7. The van der Waals surface area contributed by atoms with Crippen molar-refractivity contribution < 1.29 is 18.3 Å². The van der Waals surface area contributed by atoms with Crippen LogP contribution in [-0.4, -0.2) is 49.7 Å². The summed E-state index contributed by atoms with van der Waals surface area (Å²) >= 11 is 3.89. The molecule has 0 fully saturated rings. The van der Waals surface area contributed by atoms with E-state index in [0.29, 0.717) is 6.54 Å². The van der Waals surface area contributed by atoms with Crippen molar-refractivity contribution in [1.29, 1.82) is 0 Å². The highest BCUT2D eigenvalue weighted by Gasteiger charge is 2.14. The third-order valence-corrected chi connectivity index (χ3v) is 3.77. The lowest BCUT2D eigenvalue weighted by atomic mass is 10.7. The van der Waals surface area contributed by atoms with Crippen LogP contribution in [0.1, 0.15) is 0 Å². The zero-order valence-corrected chi connectivity index (χ0v) is 10.0. The topological polar surface area (TPSA) is 86.7 Å². The van der Waals surface area contributed by atoms with Crippen LogP contribution >= 0.6 is 22.6 Å². The highest BCUT2D eigenvalue weighted by Crippen LogP contribution is 2.08. The fourth-order valence-corrected chi connectivity index (χ4v) is 1.86. The average Bonchev–Trinajstić information content (AvgIpc) is 2.01. The molecule has 6 nitrogen and oxygen atoms in total. The molecule has 0 unspecified atom stereocenters. The predicted molar refractivity (Wildman–Crippen MR) is 58.6 cm³/mol. The Morgan fingerprint density at radius 3 is 2.64 bits per heavy atom. The Labute approximate surface area is 92.0 Å². The molecule has 84 valence electrons. The van der Waals surface area contributed by atoms with E-state index in [-0.39, 0.29) is 6.54 Å². The van der Waals surface area contributed by atoms with E-state index in [1.54, 1.807) is 11.4 Å². The van der Waals surface area contributed by atoms with Crippen molar-refractivity contribution in [2.75, 3.05) is 25.9 Å². The second kappa shape index (κ2) is 6.51. The lowest BCUT2D eigenvalue weighted by molar-refractivity contribution is -0.134. The Kier molecular flexibility index (Phi) is 6.53. The molecule has 0 aromatic heterocycles. The van der Waals surface area contributed by atoms with E-state index >= 15 is 0 Å². The third-order valence-electron chi connectivity index (χ3n) is 1.20. The summed E-state index contributed by atoms with van der Waals surface area (Å²) in [6.45, 7) is 0.618. The van der Waals surface area contributed by atoms with Gasteiger partial charge in [0.15, 0.2) is 5.75 Å². The van der Waals surface area contributed by atoms with Gasteiger partial charge < -0.3 is 5.11 Å². The first-order valence-corrected chi connectivity index (χ1v) is 7.07. The Bertz CT molecular complexity index is 279. The first-order chi connectivity index (χ1) is 6.37. The maximum absolute atomic E-state index is 11.0. The number of hydrogen-bond donors (Lipinski definition) is 3. The molecule has 0 aliphatic carbocycles. The summed E-state index contributed by atoms with van der Waals surface area (Å²) < 4.78 is 25.8. The maximum Gasteiger partial charge on any atom is 0.320 e. The molecule has 0 aromatic carbocycles. The van der Waals surface area contributed by atoms with Gasteiger partial charge in [-0.15, -0.1) is 0 Å². The van der Waals surface area contributed by atoms with Crippen LogP contribution in [0.3, 0.4) is 0 Å². The van der Waals surface area contributed by atoms with Crippen LogP contribution in [0.15, 0.2) is 0 Å². The molecule has 0 spiro atoms. The van der Waals surface area contributed by atoms with Gasteiger partial charge in [-0.1, -0.05) is 11.7 Å². The minimum atomic E-state index is -3.70. The van der Waals surface area contributed by atoms with Crippen molar-refractivity contribution in [2.24, 2.45) is 0 Å². The first-order valence-electron chi connectivity index (χ1n) is 3.59. The summed E-state index contributed by atoms with van der Waals surface area (Å²) in [5.74, 6) is -2.26. The van der Waals surface area contributed by atoms with Crippen molar-refractivity contribution in [2.45, 2.75) is 0 Å². The molecule has 2 N–H and O–H groups in total. The SMILES string of the molecule is CN(CCNS(=O)(=O)CC(=O)O)SS. The number of thiol groups is 1. The van der Waals surface area contributed by atoms with Gasteiger partial charge in [0.05, 0.1) is 0 Å². The number of carboxylic acids is 1. The second-order valence-electron chi connectivity index (χ2n) is 2.48. The zero-order chi connectivity index (χ0) is 11.2. The number of nitrogens with zero attached hydrogens (tertiary/aromatic N) is 1. The fraction of sp³-hybridized carbons (Fsp3) is 0.800. The van der Waals surface area contributed by atoms with E-state index < -0.39 is 21.7 Å². The standard InChI is InChI=1S/C5H12N2O4S3/c1-7(13-12)3-2-6-14(10,11)4-5(8)9/h6,12H,2-4H2,1H3,(H,8,9). The fourth-order valence-electron chi connectivity index (χ4n) is 0.613. The van der Waals surface area contributed by atoms with Gasteiger partial charge in [0.1, 0.15) is 0 Å². The van der Waals surface area contributed by atoms with Crippen LogP contribution in [0.2, 0.25) is 0 Å². The molecule has 0 aromatic rings. The van der Waals surface area contributed by atoms with E-state index in [1.807, 2.05) is 0 Å². The molecule has 0 radical (unpaired) electrons. The van der Waals surface area contributed by atoms with Crippen LogP contribution in [-0.2, 0) is 14.8 Å². The molecular formula is C5H12N2O4S3. The molecule has 0 heterocycles. The molecule has 0 amide bonds. The van der Waals surface area contributed by atoms with E-state index in [1.165, 1.54) is 11.0 Å². The highest BCUT2D eigenvalue weighted by molar-refractivity contribution is 8.67. The summed E-state index contributed by atoms with van der Waals surface area (Å²) in [4.78, 5) is 10.1. The number of sulfonamides is 1. The number of carbonyl (C=O) groups is 1. The summed E-state index contributed by atoms with van der Waals surface area (Å²) in [5.41, 5.74) is 0. The van der Waals surface area contributed by atoms with E-state index in [0.717, 1.165) is 0 Å². The van der Waals surface area contributed by atoms with Gasteiger partial charge in [-0.2, -0.15) is 0 Å². The summed E-state index contributed by atoms with van der Waals surface area (Å²) in [6, 6.07) is 0. The summed E-state index contributed by atoms with van der Waals surface area (Å²) in [5, 5.41) is 8.26.